The fraction of sp³-hybridized carbons (Fsp3) is 0.533. The van der Waals surface area contributed by atoms with Crippen LogP contribution in [0, 0.1) is 0 Å². The summed E-state index contributed by atoms with van der Waals surface area (Å²) in [5.41, 5.74) is -0.488. The summed E-state index contributed by atoms with van der Waals surface area (Å²) in [6.07, 6.45) is 2.28. The summed E-state index contributed by atoms with van der Waals surface area (Å²) >= 11 is 12.0. The number of halogens is 2. The Morgan fingerprint density at radius 1 is 1.29 bits per heavy atom. The molecule has 6 heteroatoms. The monoisotopic (exact) mass is 331 g/mol. The molecule has 1 amide bonds. The second-order valence-corrected chi connectivity index (χ2v) is 6.38. The van der Waals surface area contributed by atoms with E-state index in [1.54, 1.807) is 18.2 Å². The molecule has 0 bridgehead atoms. The lowest BCUT2D eigenvalue weighted by Gasteiger charge is -2.22. The molecule has 1 atom stereocenters. The Labute approximate surface area is 134 Å². The molecule has 0 radical (unpaired) electrons. The summed E-state index contributed by atoms with van der Waals surface area (Å²) in [6, 6.07) is 4.96. The lowest BCUT2D eigenvalue weighted by atomic mass is 9.97. The number of rotatable bonds is 5. The second-order valence-electron chi connectivity index (χ2n) is 5.56. The molecule has 4 nitrogen and oxygen atoms in total. The third kappa shape index (κ3) is 4.33. The van der Waals surface area contributed by atoms with E-state index in [1.165, 1.54) is 0 Å². The molecule has 0 saturated heterocycles. The average Bonchev–Trinajstić information content (AvgIpc) is 2.82. The molecule has 3 N–H and O–H groups in total. The van der Waals surface area contributed by atoms with Gasteiger partial charge >= 0.3 is 0 Å². The molecule has 2 rings (SSSR count). The highest BCUT2D eigenvalue weighted by Crippen LogP contribution is 2.32. The van der Waals surface area contributed by atoms with E-state index in [4.69, 9.17) is 23.2 Å². The van der Waals surface area contributed by atoms with Crippen LogP contribution in [0.4, 0.5) is 0 Å². The summed E-state index contributed by atoms with van der Waals surface area (Å²) in [6.45, 7) is 0.0123. The zero-order valence-corrected chi connectivity index (χ0v) is 13.1. The van der Waals surface area contributed by atoms with Crippen LogP contribution in [0.2, 0.25) is 10.0 Å². The molecular weight excluding hydrogens is 313 g/mol. The second kappa shape index (κ2) is 6.97. The van der Waals surface area contributed by atoms with Gasteiger partial charge in [0.05, 0.1) is 18.1 Å². The van der Waals surface area contributed by atoms with E-state index < -0.39 is 11.7 Å². The smallest absolute Gasteiger partial charge is 0.222 e. The van der Waals surface area contributed by atoms with Crippen LogP contribution in [0.3, 0.4) is 0 Å². The zero-order valence-electron chi connectivity index (χ0n) is 11.6. The highest BCUT2D eigenvalue weighted by molar-refractivity contribution is 6.36. The summed E-state index contributed by atoms with van der Waals surface area (Å²) < 4.78 is 0. The summed E-state index contributed by atoms with van der Waals surface area (Å²) in [7, 11) is 0. The molecule has 116 valence electrons. The highest BCUT2D eigenvalue weighted by atomic mass is 35.5. The van der Waals surface area contributed by atoms with Crippen LogP contribution in [0.15, 0.2) is 18.2 Å². The first kappa shape index (κ1) is 16.6. The first-order valence-corrected chi connectivity index (χ1v) is 7.78. The number of nitrogens with one attached hydrogen (secondary N) is 1. The largest absolute Gasteiger partial charge is 0.389 e. The SMILES string of the molecule is O=C(CC1(O)CCCC1)NC[C@H](O)c1c(Cl)cccc1Cl. The van der Waals surface area contributed by atoms with Gasteiger partial charge in [0, 0.05) is 22.2 Å². The fourth-order valence-electron chi connectivity index (χ4n) is 2.71. The maximum absolute atomic E-state index is 11.9. The van der Waals surface area contributed by atoms with Crippen molar-refractivity contribution in [3.8, 4) is 0 Å². The van der Waals surface area contributed by atoms with E-state index >= 15 is 0 Å². The van der Waals surface area contributed by atoms with Gasteiger partial charge in [0.15, 0.2) is 0 Å². The highest BCUT2D eigenvalue weighted by Gasteiger charge is 2.33. The van der Waals surface area contributed by atoms with Crippen molar-refractivity contribution in [3.63, 3.8) is 0 Å². The zero-order chi connectivity index (χ0) is 15.5. The molecule has 0 aliphatic heterocycles. The van der Waals surface area contributed by atoms with Crippen molar-refractivity contribution < 1.29 is 15.0 Å². The number of amides is 1. The van der Waals surface area contributed by atoms with E-state index in [1.807, 2.05) is 0 Å². The van der Waals surface area contributed by atoms with Crippen LogP contribution in [0.5, 0.6) is 0 Å². The number of hydrogen-bond acceptors (Lipinski definition) is 3. The minimum Gasteiger partial charge on any atom is -0.389 e. The van der Waals surface area contributed by atoms with Crippen molar-refractivity contribution in [2.45, 2.75) is 43.8 Å². The Bertz CT molecular complexity index is 495. The molecule has 0 aromatic heterocycles. The van der Waals surface area contributed by atoms with Gasteiger partial charge in [0.25, 0.3) is 0 Å². The first-order chi connectivity index (χ1) is 9.91. The van der Waals surface area contributed by atoms with E-state index in [0.717, 1.165) is 12.8 Å². The van der Waals surface area contributed by atoms with Gasteiger partial charge in [-0.25, -0.2) is 0 Å². The topological polar surface area (TPSA) is 69.6 Å². The summed E-state index contributed by atoms with van der Waals surface area (Å²) in [5, 5.41) is 23.6. The van der Waals surface area contributed by atoms with Crippen LogP contribution in [-0.4, -0.2) is 28.3 Å². The van der Waals surface area contributed by atoms with Crippen LogP contribution in [0.1, 0.15) is 43.8 Å². The Morgan fingerprint density at radius 3 is 2.43 bits per heavy atom. The minimum absolute atomic E-state index is 0.0123. The molecule has 1 aliphatic rings. The number of aliphatic hydroxyl groups excluding tert-OH is 1. The van der Waals surface area contributed by atoms with Crippen molar-refractivity contribution in [1.29, 1.82) is 0 Å². The molecule has 0 spiro atoms. The normalized spacial score (nSPS) is 18.5. The number of hydrogen-bond donors (Lipinski definition) is 3. The van der Waals surface area contributed by atoms with Gasteiger partial charge in [-0.1, -0.05) is 42.1 Å². The van der Waals surface area contributed by atoms with Crippen molar-refractivity contribution in [3.05, 3.63) is 33.8 Å². The predicted octanol–water partition coefficient (Wildman–Crippen LogP) is 2.84. The standard InChI is InChI=1S/C15H19Cl2NO3/c16-10-4-3-5-11(17)14(10)12(19)9-18-13(20)8-15(21)6-1-2-7-15/h3-5,12,19,21H,1-2,6-9H2,(H,18,20)/t12-/m0/s1. The molecule has 1 aromatic rings. The van der Waals surface area contributed by atoms with Crippen LogP contribution >= 0.6 is 23.2 Å². The van der Waals surface area contributed by atoms with Crippen molar-refractivity contribution in [1.82, 2.24) is 5.32 Å². The molecule has 1 saturated carbocycles. The number of aliphatic hydroxyl groups is 2. The van der Waals surface area contributed by atoms with Gasteiger partial charge in [-0.05, 0) is 25.0 Å². The van der Waals surface area contributed by atoms with E-state index in [-0.39, 0.29) is 18.9 Å². The average molecular weight is 332 g/mol. The van der Waals surface area contributed by atoms with Crippen molar-refractivity contribution >= 4 is 29.1 Å². The van der Waals surface area contributed by atoms with Gasteiger partial charge in [-0.2, -0.15) is 0 Å². The van der Waals surface area contributed by atoms with E-state index in [9.17, 15) is 15.0 Å². The van der Waals surface area contributed by atoms with E-state index in [0.29, 0.717) is 28.5 Å². The maximum atomic E-state index is 11.9. The molecule has 1 aliphatic carbocycles. The Balaban J connectivity index is 1.89. The third-order valence-electron chi connectivity index (χ3n) is 3.85. The van der Waals surface area contributed by atoms with Gasteiger partial charge in [0.1, 0.15) is 0 Å². The maximum Gasteiger partial charge on any atom is 0.222 e. The Kier molecular flexibility index (Phi) is 5.49. The van der Waals surface area contributed by atoms with E-state index in [2.05, 4.69) is 5.32 Å². The molecular formula is C15H19Cl2NO3. The van der Waals surface area contributed by atoms with Crippen molar-refractivity contribution in [2.24, 2.45) is 0 Å². The summed E-state index contributed by atoms with van der Waals surface area (Å²) in [5.74, 6) is -0.276. The minimum atomic E-state index is -0.978. The first-order valence-electron chi connectivity index (χ1n) is 7.02. The third-order valence-corrected chi connectivity index (χ3v) is 4.51. The lowest BCUT2D eigenvalue weighted by molar-refractivity contribution is -0.126. The Hall–Kier alpha value is -0.810. The number of benzene rings is 1. The molecule has 0 heterocycles. The van der Waals surface area contributed by atoms with Crippen LogP contribution in [0.25, 0.3) is 0 Å². The lowest BCUT2D eigenvalue weighted by Crippen LogP contribution is -2.36. The van der Waals surface area contributed by atoms with Crippen LogP contribution in [-0.2, 0) is 4.79 Å². The molecule has 0 unspecified atom stereocenters. The van der Waals surface area contributed by atoms with Gasteiger partial charge in [-0.3, -0.25) is 4.79 Å². The number of carbonyl (C=O) groups is 1. The fourth-order valence-corrected chi connectivity index (χ4v) is 3.36. The predicted molar refractivity (Wildman–Crippen MR) is 82.5 cm³/mol. The van der Waals surface area contributed by atoms with Crippen molar-refractivity contribution in [2.75, 3.05) is 6.54 Å². The van der Waals surface area contributed by atoms with Gasteiger partial charge < -0.3 is 15.5 Å². The molecule has 1 fully saturated rings. The molecule has 1 aromatic carbocycles. The quantitative estimate of drug-likeness (QED) is 0.777. The van der Waals surface area contributed by atoms with Gasteiger partial charge in [0.2, 0.25) is 5.91 Å². The van der Waals surface area contributed by atoms with Crippen LogP contribution < -0.4 is 5.32 Å². The Morgan fingerprint density at radius 2 is 1.86 bits per heavy atom. The van der Waals surface area contributed by atoms with Gasteiger partial charge in [-0.15, -0.1) is 0 Å². The molecule has 21 heavy (non-hydrogen) atoms. The summed E-state index contributed by atoms with van der Waals surface area (Å²) in [4.78, 5) is 11.9. The number of carbonyl (C=O) groups excluding carboxylic acids is 1.